The monoisotopic (exact) mass is 509 g/mol. The zero-order valence-corrected chi connectivity index (χ0v) is 21.2. The molecule has 0 atom stereocenters. The molecule has 0 saturated heterocycles. The highest BCUT2D eigenvalue weighted by molar-refractivity contribution is 7.18. The molecule has 0 amide bonds. The maximum atomic E-state index is 13.9. The lowest BCUT2D eigenvalue weighted by Gasteiger charge is -2.15. The minimum atomic E-state index is -0.116. The Morgan fingerprint density at radius 1 is 1.03 bits per heavy atom. The summed E-state index contributed by atoms with van der Waals surface area (Å²) in [5.74, 6) is 0.912. The van der Waals surface area contributed by atoms with E-state index in [0.717, 1.165) is 21.7 Å². The van der Waals surface area contributed by atoms with Crippen LogP contribution < -0.4 is 11.3 Å². The molecule has 0 radical (unpaired) electrons. The Kier molecular flexibility index (Phi) is 5.27. The number of benzene rings is 2. The molecular weight excluding hydrogens is 486 g/mol. The molecule has 0 unspecified atom stereocenters. The van der Waals surface area contributed by atoms with Crippen LogP contribution in [-0.4, -0.2) is 34.4 Å². The van der Waals surface area contributed by atoms with Crippen LogP contribution in [0.2, 0.25) is 0 Å². The standard InChI is InChI=1S/C27H23N7O2S/c1-14-7-4-5-10-19(14)34-20(31-26-21(27(34)36)15(2)16(3)37-26)12-33-25-22(24(28)29-13-30-25)23(32-33)17-8-6-9-18(35)11-17/h4-11,13,35H,12H2,1-3H3,(H2,28,29,30). The van der Waals surface area contributed by atoms with Gasteiger partial charge in [-0.3, -0.25) is 9.36 Å². The Balaban J connectivity index is 1.63. The predicted molar refractivity (Wildman–Crippen MR) is 145 cm³/mol. The average molecular weight is 510 g/mol. The van der Waals surface area contributed by atoms with E-state index in [9.17, 15) is 9.90 Å². The van der Waals surface area contributed by atoms with Crippen LogP contribution in [0.5, 0.6) is 5.75 Å². The summed E-state index contributed by atoms with van der Waals surface area (Å²) in [6, 6.07) is 14.5. The molecule has 4 heterocycles. The highest BCUT2D eigenvalue weighted by Gasteiger charge is 2.22. The van der Waals surface area contributed by atoms with Gasteiger partial charge in [-0.25, -0.2) is 19.6 Å². The maximum absolute atomic E-state index is 13.9. The van der Waals surface area contributed by atoms with E-state index in [2.05, 4.69) is 9.97 Å². The number of rotatable bonds is 4. The third-order valence-corrected chi connectivity index (χ3v) is 7.70. The van der Waals surface area contributed by atoms with Gasteiger partial charge in [-0.05, 0) is 50.1 Å². The Hall–Kier alpha value is -4.57. The van der Waals surface area contributed by atoms with Gasteiger partial charge >= 0.3 is 0 Å². The van der Waals surface area contributed by atoms with E-state index in [4.69, 9.17) is 15.8 Å². The molecule has 4 aromatic heterocycles. The zero-order chi connectivity index (χ0) is 25.8. The summed E-state index contributed by atoms with van der Waals surface area (Å²) in [5, 5.41) is 16.1. The number of para-hydroxylation sites is 1. The lowest BCUT2D eigenvalue weighted by atomic mass is 10.1. The molecule has 10 heteroatoms. The molecule has 37 heavy (non-hydrogen) atoms. The zero-order valence-electron chi connectivity index (χ0n) is 20.4. The Bertz CT molecular complexity index is 1900. The Labute approximate surface area is 215 Å². The van der Waals surface area contributed by atoms with Crippen molar-refractivity contribution in [3.05, 3.63) is 87.0 Å². The van der Waals surface area contributed by atoms with Crippen molar-refractivity contribution in [2.24, 2.45) is 0 Å². The van der Waals surface area contributed by atoms with Crippen LogP contribution in [0.4, 0.5) is 5.82 Å². The first-order valence-electron chi connectivity index (χ1n) is 11.7. The van der Waals surface area contributed by atoms with Crippen molar-refractivity contribution in [3.8, 4) is 22.7 Å². The van der Waals surface area contributed by atoms with Gasteiger partial charge in [0.15, 0.2) is 5.65 Å². The number of hydrogen-bond donors (Lipinski definition) is 2. The molecule has 0 aliphatic carbocycles. The molecule has 6 rings (SSSR count). The van der Waals surface area contributed by atoms with Gasteiger partial charge < -0.3 is 10.8 Å². The third kappa shape index (κ3) is 3.64. The largest absolute Gasteiger partial charge is 0.508 e. The number of nitrogens with two attached hydrogens (primary N) is 1. The van der Waals surface area contributed by atoms with Crippen LogP contribution in [-0.2, 0) is 6.54 Å². The molecule has 9 nitrogen and oxygen atoms in total. The summed E-state index contributed by atoms with van der Waals surface area (Å²) >= 11 is 1.51. The van der Waals surface area contributed by atoms with Crippen molar-refractivity contribution >= 4 is 38.4 Å². The number of nitrogens with zero attached hydrogens (tertiary/aromatic N) is 6. The van der Waals surface area contributed by atoms with Gasteiger partial charge in [0, 0.05) is 10.4 Å². The predicted octanol–water partition coefficient (Wildman–Crippen LogP) is 4.52. The van der Waals surface area contributed by atoms with E-state index in [0.29, 0.717) is 38.3 Å². The summed E-state index contributed by atoms with van der Waals surface area (Å²) in [7, 11) is 0. The summed E-state index contributed by atoms with van der Waals surface area (Å²) in [5.41, 5.74) is 10.5. The van der Waals surface area contributed by atoms with Crippen molar-refractivity contribution in [2.75, 3.05) is 5.73 Å². The second-order valence-corrected chi connectivity index (χ2v) is 10.1. The fourth-order valence-electron chi connectivity index (χ4n) is 4.63. The molecule has 0 fully saturated rings. The van der Waals surface area contributed by atoms with Crippen LogP contribution in [0.3, 0.4) is 0 Å². The second-order valence-electron chi connectivity index (χ2n) is 8.93. The molecule has 6 aromatic rings. The normalized spacial score (nSPS) is 11.5. The quantitative estimate of drug-likeness (QED) is 0.358. The van der Waals surface area contributed by atoms with Crippen LogP contribution in [0.25, 0.3) is 38.2 Å². The molecule has 0 spiro atoms. The van der Waals surface area contributed by atoms with Crippen LogP contribution in [0.1, 0.15) is 21.8 Å². The SMILES string of the molecule is Cc1ccccc1-n1c(Cn2nc(-c3cccc(O)c3)c3c(N)ncnc32)nc2sc(C)c(C)c2c1=O. The highest BCUT2D eigenvalue weighted by Crippen LogP contribution is 2.32. The van der Waals surface area contributed by atoms with Gasteiger partial charge in [0.25, 0.3) is 5.56 Å². The van der Waals surface area contributed by atoms with Gasteiger partial charge in [-0.15, -0.1) is 11.3 Å². The lowest BCUT2D eigenvalue weighted by molar-refractivity contribution is 0.475. The van der Waals surface area contributed by atoms with E-state index in [1.807, 2.05) is 51.1 Å². The molecule has 0 bridgehead atoms. The van der Waals surface area contributed by atoms with E-state index >= 15 is 0 Å². The number of fused-ring (bicyclic) bond motifs is 2. The summed E-state index contributed by atoms with van der Waals surface area (Å²) in [6.45, 7) is 6.10. The van der Waals surface area contributed by atoms with E-state index in [-0.39, 0.29) is 23.7 Å². The number of anilines is 1. The van der Waals surface area contributed by atoms with Gasteiger partial charge in [0.1, 0.15) is 40.8 Å². The van der Waals surface area contributed by atoms with Gasteiger partial charge in [0.05, 0.1) is 16.5 Å². The van der Waals surface area contributed by atoms with E-state index < -0.39 is 0 Å². The molecule has 0 saturated carbocycles. The average Bonchev–Trinajstić information content (AvgIpc) is 3.38. The second kappa shape index (κ2) is 8.52. The number of aromatic hydroxyl groups is 1. The van der Waals surface area contributed by atoms with Crippen LogP contribution in [0.15, 0.2) is 59.7 Å². The molecule has 0 aliphatic rings. The highest BCUT2D eigenvalue weighted by atomic mass is 32.1. The lowest BCUT2D eigenvalue weighted by Crippen LogP contribution is -2.26. The first-order chi connectivity index (χ1) is 17.8. The van der Waals surface area contributed by atoms with Gasteiger partial charge in [-0.1, -0.05) is 30.3 Å². The fourth-order valence-corrected chi connectivity index (χ4v) is 5.67. The summed E-state index contributed by atoms with van der Waals surface area (Å²) < 4.78 is 3.35. The minimum Gasteiger partial charge on any atom is -0.508 e. The number of aromatic nitrogens is 6. The Morgan fingerprint density at radius 2 is 1.84 bits per heavy atom. The molecular formula is C27H23N7O2S. The van der Waals surface area contributed by atoms with Crippen molar-refractivity contribution in [2.45, 2.75) is 27.3 Å². The smallest absolute Gasteiger partial charge is 0.267 e. The summed E-state index contributed by atoms with van der Waals surface area (Å²) in [4.78, 5) is 29.3. The fraction of sp³-hybridized carbons (Fsp3) is 0.148. The third-order valence-electron chi connectivity index (χ3n) is 6.60. The maximum Gasteiger partial charge on any atom is 0.267 e. The van der Waals surface area contributed by atoms with Gasteiger partial charge in [0.2, 0.25) is 0 Å². The van der Waals surface area contributed by atoms with Crippen molar-refractivity contribution < 1.29 is 5.11 Å². The Morgan fingerprint density at radius 3 is 2.62 bits per heavy atom. The number of nitrogen functional groups attached to an aromatic ring is 1. The van der Waals surface area contributed by atoms with Crippen molar-refractivity contribution in [3.63, 3.8) is 0 Å². The molecule has 184 valence electrons. The molecule has 0 aliphatic heterocycles. The van der Waals surface area contributed by atoms with Gasteiger partial charge in [-0.2, -0.15) is 5.10 Å². The number of aryl methyl sites for hydroxylation is 3. The first-order valence-corrected chi connectivity index (χ1v) is 12.5. The summed E-state index contributed by atoms with van der Waals surface area (Å²) in [6.07, 6.45) is 1.39. The first kappa shape index (κ1) is 22.9. The van der Waals surface area contributed by atoms with E-state index in [1.165, 1.54) is 17.7 Å². The number of thiophene rings is 1. The minimum absolute atomic E-state index is 0.111. The number of phenolic OH excluding ortho intramolecular Hbond substituents is 1. The number of phenols is 1. The topological polar surface area (TPSA) is 125 Å². The van der Waals surface area contributed by atoms with E-state index in [1.54, 1.807) is 27.4 Å². The molecule has 2 aromatic carbocycles. The van der Waals surface area contributed by atoms with Crippen molar-refractivity contribution in [1.82, 2.24) is 29.3 Å². The van der Waals surface area contributed by atoms with Crippen LogP contribution >= 0.6 is 11.3 Å². The van der Waals surface area contributed by atoms with Crippen molar-refractivity contribution in [1.29, 1.82) is 0 Å². The van der Waals surface area contributed by atoms with Crippen LogP contribution in [0, 0.1) is 20.8 Å². The molecule has 3 N–H and O–H groups in total. The number of hydrogen-bond acceptors (Lipinski definition) is 8.